The van der Waals surface area contributed by atoms with E-state index in [4.69, 9.17) is 10.5 Å². The Labute approximate surface area is 135 Å². The predicted octanol–water partition coefficient (Wildman–Crippen LogP) is 4.70. The van der Waals surface area contributed by atoms with Crippen molar-refractivity contribution in [3.05, 3.63) is 39.8 Å². The van der Waals surface area contributed by atoms with Gasteiger partial charge in [-0.2, -0.15) is 0 Å². The van der Waals surface area contributed by atoms with Crippen molar-refractivity contribution in [1.29, 1.82) is 0 Å². The number of anilines is 3. The second-order valence-electron chi connectivity index (χ2n) is 4.61. The fourth-order valence-corrected chi connectivity index (χ4v) is 3.35. The summed E-state index contributed by atoms with van der Waals surface area (Å²) in [5.74, 6) is 0.757. The summed E-state index contributed by atoms with van der Waals surface area (Å²) in [5, 5.41) is 4.35. The first-order valence-electron chi connectivity index (χ1n) is 6.34. The standard InChI is InChI=1S/C15H14BrN3OS/c1-8-18-13-7-11(10(17)6-15(13)21-8)19-12-5-9(16)3-4-14(12)20-2/h3-7,19H,17H2,1-2H3. The molecule has 0 aliphatic rings. The monoisotopic (exact) mass is 363 g/mol. The third-order valence-corrected chi connectivity index (χ3v) is 4.52. The van der Waals surface area contributed by atoms with Gasteiger partial charge in [-0.15, -0.1) is 11.3 Å². The zero-order valence-corrected chi connectivity index (χ0v) is 14.0. The van der Waals surface area contributed by atoms with E-state index in [0.717, 1.165) is 36.8 Å². The normalized spacial score (nSPS) is 10.8. The van der Waals surface area contributed by atoms with Gasteiger partial charge in [-0.05, 0) is 37.3 Å². The zero-order valence-electron chi connectivity index (χ0n) is 11.6. The van der Waals surface area contributed by atoms with E-state index in [1.807, 2.05) is 37.3 Å². The van der Waals surface area contributed by atoms with Crippen LogP contribution in [-0.4, -0.2) is 12.1 Å². The quantitative estimate of drug-likeness (QED) is 0.662. The molecule has 0 atom stereocenters. The van der Waals surface area contributed by atoms with Gasteiger partial charge in [0.1, 0.15) is 5.75 Å². The number of aromatic nitrogens is 1. The van der Waals surface area contributed by atoms with Crippen LogP contribution in [0.15, 0.2) is 34.8 Å². The minimum Gasteiger partial charge on any atom is -0.495 e. The third-order valence-electron chi connectivity index (χ3n) is 3.10. The number of rotatable bonds is 3. The van der Waals surface area contributed by atoms with Crippen molar-refractivity contribution in [3.63, 3.8) is 0 Å². The van der Waals surface area contributed by atoms with Gasteiger partial charge < -0.3 is 15.8 Å². The molecule has 0 amide bonds. The summed E-state index contributed by atoms with van der Waals surface area (Å²) in [6, 6.07) is 9.70. The topological polar surface area (TPSA) is 60.2 Å². The molecule has 0 radical (unpaired) electrons. The van der Waals surface area contributed by atoms with Gasteiger partial charge in [0.25, 0.3) is 0 Å². The van der Waals surface area contributed by atoms with Crippen molar-refractivity contribution < 1.29 is 4.74 Å². The molecule has 3 rings (SSSR count). The predicted molar refractivity (Wildman–Crippen MR) is 92.7 cm³/mol. The van der Waals surface area contributed by atoms with Gasteiger partial charge >= 0.3 is 0 Å². The number of benzene rings is 2. The number of hydrogen-bond donors (Lipinski definition) is 2. The van der Waals surface area contributed by atoms with Crippen molar-refractivity contribution in [2.75, 3.05) is 18.2 Å². The number of hydrogen-bond acceptors (Lipinski definition) is 5. The molecule has 0 unspecified atom stereocenters. The van der Waals surface area contributed by atoms with Gasteiger partial charge in [0, 0.05) is 4.47 Å². The van der Waals surface area contributed by atoms with Gasteiger partial charge in [0.2, 0.25) is 0 Å². The second kappa shape index (κ2) is 5.54. The molecule has 0 bridgehead atoms. The summed E-state index contributed by atoms with van der Waals surface area (Å²) >= 11 is 5.10. The van der Waals surface area contributed by atoms with Crippen LogP contribution in [-0.2, 0) is 0 Å². The van der Waals surface area contributed by atoms with Crippen LogP contribution in [0, 0.1) is 6.92 Å². The van der Waals surface area contributed by atoms with Crippen LogP contribution in [0.5, 0.6) is 5.75 Å². The summed E-state index contributed by atoms with van der Waals surface area (Å²) < 4.78 is 7.43. The van der Waals surface area contributed by atoms with Crippen molar-refractivity contribution >= 4 is 54.5 Å². The van der Waals surface area contributed by atoms with Gasteiger partial charge in [-0.1, -0.05) is 15.9 Å². The lowest BCUT2D eigenvalue weighted by atomic mass is 10.2. The van der Waals surface area contributed by atoms with E-state index in [1.54, 1.807) is 18.4 Å². The molecule has 1 heterocycles. The number of nitrogen functional groups attached to an aromatic ring is 1. The lowest BCUT2D eigenvalue weighted by Gasteiger charge is -2.13. The van der Waals surface area contributed by atoms with E-state index in [9.17, 15) is 0 Å². The van der Waals surface area contributed by atoms with Gasteiger partial charge in [0.15, 0.2) is 0 Å². The van der Waals surface area contributed by atoms with Gasteiger partial charge in [-0.3, -0.25) is 0 Å². The molecule has 4 nitrogen and oxygen atoms in total. The van der Waals surface area contributed by atoms with E-state index in [1.165, 1.54) is 0 Å². The number of halogens is 1. The van der Waals surface area contributed by atoms with Crippen molar-refractivity contribution in [1.82, 2.24) is 4.98 Å². The molecule has 0 aliphatic heterocycles. The fraction of sp³-hybridized carbons (Fsp3) is 0.133. The van der Waals surface area contributed by atoms with Crippen molar-refractivity contribution in [2.45, 2.75) is 6.92 Å². The highest BCUT2D eigenvalue weighted by molar-refractivity contribution is 9.10. The number of nitrogens with one attached hydrogen (secondary N) is 1. The Morgan fingerprint density at radius 1 is 1.24 bits per heavy atom. The Balaban J connectivity index is 2.05. The zero-order chi connectivity index (χ0) is 15.0. The molecule has 1 aromatic heterocycles. The Bertz CT molecular complexity index is 816. The molecule has 21 heavy (non-hydrogen) atoms. The van der Waals surface area contributed by atoms with Crippen LogP contribution in [0.2, 0.25) is 0 Å². The molecule has 0 saturated heterocycles. The third kappa shape index (κ3) is 2.82. The number of thiazole rings is 1. The maximum Gasteiger partial charge on any atom is 0.142 e. The van der Waals surface area contributed by atoms with E-state index in [0.29, 0.717) is 5.69 Å². The number of aryl methyl sites for hydroxylation is 1. The number of fused-ring (bicyclic) bond motifs is 1. The second-order valence-corrected chi connectivity index (χ2v) is 6.76. The maximum atomic E-state index is 6.14. The molecular weight excluding hydrogens is 350 g/mol. The van der Waals surface area contributed by atoms with Crippen molar-refractivity contribution in [2.24, 2.45) is 0 Å². The molecule has 0 spiro atoms. The van der Waals surface area contributed by atoms with Gasteiger partial charge in [-0.25, -0.2) is 4.98 Å². The first-order chi connectivity index (χ1) is 10.1. The summed E-state index contributed by atoms with van der Waals surface area (Å²) in [6.07, 6.45) is 0. The molecule has 2 aromatic carbocycles. The lowest BCUT2D eigenvalue weighted by Crippen LogP contribution is -1.98. The van der Waals surface area contributed by atoms with E-state index in [2.05, 4.69) is 26.2 Å². The van der Waals surface area contributed by atoms with E-state index >= 15 is 0 Å². The Morgan fingerprint density at radius 2 is 2.05 bits per heavy atom. The van der Waals surface area contributed by atoms with Crippen LogP contribution in [0.3, 0.4) is 0 Å². The average Bonchev–Trinajstić information content (AvgIpc) is 2.78. The minimum absolute atomic E-state index is 0.688. The summed E-state index contributed by atoms with van der Waals surface area (Å²) in [6.45, 7) is 1.99. The van der Waals surface area contributed by atoms with Crippen LogP contribution >= 0.6 is 27.3 Å². The van der Waals surface area contributed by atoms with Crippen LogP contribution < -0.4 is 15.8 Å². The highest BCUT2D eigenvalue weighted by Crippen LogP contribution is 2.35. The number of ether oxygens (including phenoxy) is 1. The summed E-state index contributed by atoms with van der Waals surface area (Å²) in [7, 11) is 1.64. The van der Waals surface area contributed by atoms with E-state index in [-0.39, 0.29) is 0 Å². The van der Waals surface area contributed by atoms with Gasteiger partial charge in [0.05, 0.1) is 39.4 Å². The first-order valence-corrected chi connectivity index (χ1v) is 7.95. The molecule has 3 N–H and O–H groups in total. The minimum atomic E-state index is 0.688. The number of nitrogens with zero attached hydrogens (tertiary/aromatic N) is 1. The molecule has 6 heteroatoms. The first kappa shape index (κ1) is 14.2. The van der Waals surface area contributed by atoms with Crippen molar-refractivity contribution in [3.8, 4) is 5.75 Å². The molecule has 0 fully saturated rings. The number of methoxy groups -OCH3 is 1. The van der Waals surface area contributed by atoms with Crippen LogP contribution in [0.4, 0.5) is 17.1 Å². The highest BCUT2D eigenvalue weighted by Gasteiger charge is 2.09. The molecule has 0 saturated carbocycles. The number of nitrogens with two attached hydrogens (primary N) is 1. The van der Waals surface area contributed by atoms with E-state index < -0.39 is 0 Å². The lowest BCUT2D eigenvalue weighted by molar-refractivity contribution is 0.417. The molecule has 3 aromatic rings. The Kier molecular flexibility index (Phi) is 3.73. The highest BCUT2D eigenvalue weighted by atomic mass is 79.9. The van der Waals surface area contributed by atoms with Crippen LogP contribution in [0.1, 0.15) is 5.01 Å². The largest absolute Gasteiger partial charge is 0.495 e. The fourth-order valence-electron chi connectivity index (χ4n) is 2.14. The SMILES string of the molecule is COc1ccc(Br)cc1Nc1cc2nc(C)sc2cc1N. The molecule has 108 valence electrons. The average molecular weight is 364 g/mol. The summed E-state index contributed by atoms with van der Waals surface area (Å²) in [4.78, 5) is 4.50. The summed E-state index contributed by atoms with van der Waals surface area (Å²) in [5.41, 5.74) is 9.45. The Morgan fingerprint density at radius 3 is 2.81 bits per heavy atom. The molecular formula is C15H14BrN3OS. The smallest absolute Gasteiger partial charge is 0.142 e. The maximum absolute atomic E-state index is 6.14. The molecule has 0 aliphatic carbocycles. The Hall–Kier alpha value is -1.79. The van der Waals surface area contributed by atoms with Crippen LogP contribution in [0.25, 0.3) is 10.2 Å².